The van der Waals surface area contributed by atoms with E-state index in [4.69, 9.17) is 13.1 Å². The number of alkyl halides is 3. The van der Waals surface area contributed by atoms with Gasteiger partial charge in [0.2, 0.25) is 0 Å². The third-order valence-electron chi connectivity index (χ3n) is 11.2. The van der Waals surface area contributed by atoms with E-state index in [-0.39, 0.29) is 16.8 Å². The lowest BCUT2D eigenvalue weighted by Gasteiger charge is -2.21. The Morgan fingerprint density at radius 1 is 0.467 bits per heavy atom. The zero-order chi connectivity index (χ0) is 41.1. The van der Waals surface area contributed by atoms with Gasteiger partial charge in [0.15, 0.2) is 11.4 Å². The Kier molecular flexibility index (Phi) is 8.35. The minimum atomic E-state index is -4.67. The minimum absolute atomic E-state index is 0.0707. The second kappa shape index (κ2) is 13.9. The van der Waals surface area contributed by atoms with Gasteiger partial charge in [-0.25, -0.2) is 9.69 Å². The molecule has 0 amide bonds. The highest BCUT2D eigenvalue weighted by molar-refractivity contribution is 6.13. The first-order valence-electron chi connectivity index (χ1n) is 19.0. The molecule has 10 aromatic rings. The van der Waals surface area contributed by atoms with Gasteiger partial charge in [-0.15, -0.1) is 0 Å². The van der Waals surface area contributed by atoms with Crippen LogP contribution in [0.25, 0.3) is 98.1 Å². The van der Waals surface area contributed by atoms with Gasteiger partial charge in [-0.2, -0.15) is 18.4 Å². The largest absolute Gasteiger partial charge is 0.416 e. The summed E-state index contributed by atoms with van der Waals surface area (Å²) in [6.45, 7) is 15.9. The normalized spacial score (nSPS) is 11.5. The molecular formula is C52H28F3N5. The number of nitriles is 1. The van der Waals surface area contributed by atoms with E-state index in [0.717, 1.165) is 71.9 Å². The number of para-hydroxylation sites is 2. The number of hydrogen-bond acceptors (Lipinski definition) is 1. The molecule has 0 aliphatic rings. The zero-order valence-electron chi connectivity index (χ0n) is 31.5. The fourth-order valence-electron chi connectivity index (χ4n) is 8.48. The standard InChI is InChI=1S/C52H28F3N5/c1-57-37-23-19-34(20-24-37)36-22-26-42-40-11-5-8-14-47(40)60(49(42)28-36)51-30-45(58-2)43(38-9-3-6-12-44(38)52(53,54)55)29-50(51)59-46-13-7-4-10-39(46)41-25-21-35(27-48(41)59)33-17-15-32(31-56)16-18-33/h3-30H. The quantitative estimate of drug-likeness (QED) is 0.160. The third-order valence-corrected chi connectivity index (χ3v) is 11.2. The number of aromatic nitrogens is 2. The molecule has 0 atom stereocenters. The van der Waals surface area contributed by atoms with Gasteiger partial charge < -0.3 is 9.13 Å². The number of benzene rings is 8. The van der Waals surface area contributed by atoms with Gasteiger partial charge in [-0.1, -0.05) is 115 Å². The second-order valence-electron chi connectivity index (χ2n) is 14.5. The minimum Gasteiger partial charge on any atom is -0.308 e. The van der Waals surface area contributed by atoms with Crippen LogP contribution < -0.4 is 0 Å². The summed E-state index contributed by atoms with van der Waals surface area (Å²) in [6, 6.07) is 54.1. The van der Waals surface area contributed by atoms with Crippen LogP contribution in [0, 0.1) is 24.5 Å². The average Bonchev–Trinajstić information content (AvgIpc) is 3.80. The molecule has 5 nitrogen and oxygen atoms in total. The number of rotatable bonds is 5. The smallest absolute Gasteiger partial charge is 0.308 e. The summed E-state index contributed by atoms with van der Waals surface area (Å²) in [7, 11) is 0. The Bertz CT molecular complexity index is 3500. The molecule has 282 valence electrons. The van der Waals surface area contributed by atoms with Crippen LogP contribution in [0.3, 0.4) is 0 Å². The summed E-state index contributed by atoms with van der Waals surface area (Å²) >= 11 is 0. The summed E-state index contributed by atoms with van der Waals surface area (Å²) in [5, 5.41) is 13.3. The molecule has 2 heterocycles. The molecular weight excluding hydrogens is 752 g/mol. The van der Waals surface area contributed by atoms with Crippen LogP contribution in [0.5, 0.6) is 0 Å². The number of halogens is 3. The number of hydrogen-bond donors (Lipinski definition) is 0. The van der Waals surface area contributed by atoms with Crippen molar-refractivity contribution in [2.24, 2.45) is 0 Å². The molecule has 0 N–H and O–H groups in total. The van der Waals surface area contributed by atoms with Gasteiger partial charge in [0, 0.05) is 21.5 Å². The van der Waals surface area contributed by atoms with Crippen molar-refractivity contribution in [1.29, 1.82) is 5.26 Å². The molecule has 0 saturated heterocycles. The zero-order valence-corrected chi connectivity index (χ0v) is 31.5. The molecule has 0 aliphatic heterocycles. The van der Waals surface area contributed by atoms with Crippen LogP contribution in [0.2, 0.25) is 0 Å². The Balaban J connectivity index is 1.35. The molecule has 0 bridgehead atoms. The van der Waals surface area contributed by atoms with E-state index in [1.807, 2.05) is 84.9 Å². The highest BCUT2D eigenvalue weighted by Crippen LogP contribution is 2.46. The topological polar surface area (TPSA) is 42.4 Å². The molecule has 0 aliphatic carbocycles. The van der Waals surface area contributed by atoms with Gasteiger partial charge in [-0.05, 0) is 88.0 Å². The van der Waals surface area contributed by atoms with Crippen LogP contribution in [0.15, 0.2) is 170 Å². The van der Waals surface area contributed by atoms with Gasteiger partial charge in [-0.3, -0.25) is 0 Å². The van der Waals surface area contributed by atoms with Gasteiger partial charge in [0.05, 0.1) is 63.8 Å². The molecule has 10 rings (SSSR count). The highest BCUT2D eigenvalue weighted by Gasteiger charge is 2.34. The van der Waals surface area contributed by atoms with Crippen molar-refractivity contribution in [3.8, 4) is 50.8 Å². The van der Waals surface area contributed by atoms with Gasteiger partial charge >= 0.3 is 6.18 Å². The summed E-state index contributed by atoms with van der Waals surface area (Å²) < 4.78 is 48.5. The lowest BCUT2D eigenvalue weighted by Crippen LogP contribution is -2.08. The maximum Gasteiger partial charge on any atom is 0.416 e. The van der Waals surface area contributed by atoms with Crippen LogP contribution in [0.4, 0.5) is 24.5 Å². The monoisotopic (exact) mass is 779 g/mol. The summed E-state index contributed by atoms with van der Waals surface area (Å²) in [6.07, 6.45) is -4.67. The first-order valence-corrected chi connectivity index (χ1v) is 19.0. The van der Waals surface area contributed by atoms with Crippen molar-refractivity contribution in [1.82, 2.24) is 9.13 Å². The lowest BCUT2D eigenvalue weighted by atomic mass is 9.96. The summed E-state index contributed by atoms with van der Waals surface area (Å²) in [5.74, 6) is 0. The van der Waals surface area contributed by atoms with E-state index in [1.54, 1.807) is 42.5 Å². The van der Waals surface area contributed by atoms with Gasteiger partial charge in [0.25, 0.3) is 0 Å². The molecule has 0 spiro atoms. The third kappa shape index (κ3) is 5.77. The summed E-state index contributed by atoms with van der Waals surface area (Å²) in [4.78, 5) is 7.46. The van der Waals surface area contributed by atoms with Gasteiger partial charge in [0.1, 0.15) is 0 Å². The van der Waals surface area contributed by atoms with Crippen molar-refractivity contribution in [2.75, 3.05) is 0 Å². The van der Waals surface area contributed by atoms with Crippen molar-refractivity contribution >= 4 is 55.0 Å². The highest BCUT2D eigenvalue weighted by atomic mass is 19.4. The Morgan fingerprint density at radius 3 is 1.48 bits per heavy atom. The molecule has 8 aromatic carbocycles. The number of fused-ring (bicyclic) bond motifs is 6. The average molecular weight is 780 g/mol. The number of nitrogens with zero attached hydrogens (tertiary/aromatic N) is 5. The van der Waals surface area contributed by atoms with E-state index >= 15 is 0 Å². The van der Waals surface area contributed by atoms with Crippen molar-refractivity contribution in [2.45, 2.75) is 6.18 Å². The van der Waals surface area contributed by atoms with E-state index in [9.17, 15) is 18.4 Å². The summed E-state index contributed by atoms with van der Waals surface area (Å²) in [5.41, 5.74) is 8.52. The first kappa shape index (κ1) is 36.0. The van der Waals surface area contributed by atoms with E-state index in [0.29, 0.717) is 22.6 Å². The Morgan fingerprint density at radius 2 is 0.950 bits per heavy atom. The molecule has 0 unspecified atom stereocenters. The van der Waals surface area contributed by atoms with E-state index in [2.05, 4.69) is 49.2 Å². The van der Waals surface area contributed by atoms with Crippen LogP contribution >= 0.6 is 0 Å². The molecule has 0 fully saturated rings. The molecule has 0 saturated carbocycles. The Labute approximate surface area is 342 Å². The Hall–Kier alpha value is -8.38. The predicted octanol–water partition coefficient (Wildman–Crippen LogP) is 14.9. The fraction of sp³-hybridized carbons (Fsp3) is 0.0192. The van der Waals surface area contributed by atoms with Crippen molar-refractivity contribution in [3.63, 3.8) is 0 Å². The molecule has 2 aromatic heterocycles. The SMILES string of the molecule is [C-]#[N+]c1ccc(-c2ccc3c4ccccc4n(-c4cc([N+]#[C-])c(-c5ccccc5C(F)(F)F)cc4-n4c5ccccc5c5ccc(-c6ccc(C#N)cc6)cc54)c3c2)cc1. The maximum absolute atomic E-state index is 14.8. The fourth-order valence-corrected chi connectivity index (χ4v) is 8.48. The van der Waals surface area contributed by atoms with E-state index in [1.165, 1.54) is 12.1 Å². The van der Waals surface area contributed by atoms with E-state index < -0.39 is 11.7 Å². The first-order chi connectivity index (χ1) is 29.2. The predicted molar refractivity (Wildman–Crippen MR) is 234 cm³/mol. The van der Waals surface area contributed by atoms with Crippen LogP contribution in [-0.4, -0.2) is 9.13 Å². The second-order valence-corrected chi connectivity index (χ2v) is 14.5. The lowest BCUT2D eigenvalue weighted by molar-refractivity contribution is -0.137. The maximum atomic E-state index is 14.8. The molecule has 8 heteroatoms. The van der Waals surface area contributed by atoms with Crippen LogP contribution in [0.1, 0.15) is 11.1 Å². The molecule has 60 heavy (non-hydrogen) atoms. The van der Waals surface area contributed by atoms with Crippen molar-refractivity contribution < 1.29 is 13.2 Å². The molecule has 0 radical (unpaired) electrons. The van der Waals surface area contributed by atoms with Crippen LogP contribution in [-0.2, 0) is 6.18 Å². The van der Waals surface area contributed by atoms with Crippen molar-refractivity contribution in [3.05, 3.63) is 204 Å².